The first-order valence-electron chi connectivity index (χ1n) is 12.2. The van der Waals surface area contributed by atoms with E-state index in [0.717, 1.165) is 11.6 Å². The maximum atomic E-state index is 13.2. The van der Waals surface area contributed by atoms with Crippen LogP contribution in [0.2, 0.25) is 0 Å². The number of alkyl halides is 3. The maximum Gasteiger partial charge on any atom is 0.573 e. The van der Waals surface area contributed by atoms with Crippen molar-refractivity contribution < 1.29 is 42.5 Å². The molecule has 0 bridgehead atoms. The van der Waals surface area contributed by atoms with Gasteiger partial charge in [-0.05, 0) is 31.4 Å². The van der Waals surface area contributed by atoms with Gasteiger partial charge < -0.3 is 15.8 Å². The van der Waals surface area contributed by atoms with E-state index < -0.39 is 18.0 Å². The van der Waals surface area contributed by atoms with Gasteiger partial charge in [-0.3, -0.25) is 9.48 Å². The monoisotopic (exact) mass is 552 g/mol. The van der Waals surface area contributed by atoms with Crippen LogP contribution in [0.1, 0.15) is 28.5 Å². The van der Waals surface area contributed by atoms with Crippen molar-refractivity contribution in [3.05, 3.63) is 41.2 Å². The van der Waals surface area contributed by atoms with Crippen LogP contribution in [0.3, 0.4) is 0 Å². The molecule has 1 aromatic carbocycles. The SMILES string of the molecule is CC[N+](C)(CC[NH+](O)c1ccc(OC(F)(F)F)c(Nc2ncc3c(n2)-c2c(c(C(N)=O)nn2C)CC3)c1)OC. The Balaban J connectivity index is 1.67. The van der Waals surface area contributed by atoms with Gasteiger partial charge in [-0.2, -0.15) is 14.8 Å². The Kier molecular flexibility index (Phi) is 7.79. The Morgan fingerprint density at radius 2 is 2.08 bits per heavy atom. The van der Waals surface area contributed by atoms with Crippen molar-refractivity contribution in [3.8, 4) is 17.1 Å². The molecule has 2 unspecified atom stereocenters. The number of anilines is 2. The molecule has 1 amide bonds. The lowest BCUT2D eigenvalue weighted by molar-refractivity contribution is -1.11. The van der Waals surface area contributed by atoms with Gasteiger partial charge in [-0.25, -0.2) is 20.0 Å². The van der Waals surface area contributed by atoms with Gasteiger partial charge in [0.05, 0.1) is 31.2 Å². The number of hydrogen-bond donors (Lipinski definition) is 4. The Morgan fingerprint density at radius 3 is 2.72 bits per heavy atom. The highest BCUT2D eigenvalue weighted by Crippen LogP contribution is 2.36. The number of rotatable bonds is 10. The summed E-state index contributed by atoms with van der Waals surface area (Å²) in [5.41, 5.74) is 8.32. The van der Waals surface area contributed by atoms with Gasteiger partial charge in [0.25, 0.3) is 5.91 Å². The van der Waals surface area contributed by atoms with Crippen molar-refractivity contribution in [2.45, 2.75) is 26.1 Å². The van der Waals surface area contributed by atoms with Gasteiger partial charge >= 0.3 is 6.36 Å². The molecule has 39 heavy (non-hydrogen) atoms. The Bertz CT molecular complexity index is 1370. The van der Waals surface area contributed by atoms with Crippen LogP contribution in [0.15, 0.2) is 24.4 Å². The summed E-state index contributed by atoms with van der Waals surface area (Å²) in [7, 11) is 5.07. The number of nitrogens with one attached hydrogen (secondary N) is 2. The molecule has 1 aliphatic rings. The van der Waals surface area contributed by atoms with Crippen LogP contribution >= 0.6 is 0 Å². The summed E-state index contributed by atoms with van der Waals surface area (Å²) in [4.78, 5) is 26.1. The fourth-order valence-electron chi connectivity index (χ4n) is 4.42. The Labute approximate surface area is 222 Å². The molecule has 4 rings (SSSR count). The predicted octanol–water partition coefficient (Wildman–Crippen LogP) is 1.65. The molecule has 3 aromatic rings. The van der Waals surface area contributed by atoms with E-state index in [4.69, 9.17) is 10.6 Å². The molecule has 2 aromatic heterocycles. The summed E-state index contributed by atoms with van der Waals surface area (Å²) in [6.07, 6.45) is -2.33. The average Bonchev–Trinajstić information content (AvgIpc) is 3.24. The summed E-state index contributed by atoms with van der Waals surface area (Å²) in [5, 5.41) is 17.7. The lowest BCUT2D eigenvalue weighted by Crippen LogP contribution is -3.05. The standard InChI is InChI=1S/C24H29F3N8O4/c1-5-35(3,38-4)11-10-34(37)15-7-9-18(39-24(25,26)27)17(12-15)30-23-29-13-14-6-8-16-20(22(28)36)32-33(2)21(16)19(14)31-23/h7,9,12-13,37H,5-6,8,10-11H2,1-4H3,(H2-,28,29,30,31,36)/p+2. The van der Waals surface area contributed by atoms with Gasteiger partial charge in [-0.1, -0.05) is 0 Å². The van der Waals surface area contributed by atoms with Crippen molar-refractivity contribution in [1.29, 1.82) is 0 Å². The number of ether oxygens (including phenoxy) is 1. The van der Waals surface area contributed by atoms with Crippen LogP contribution in [-0.2, 0) is 24.7 Å². The maximum absolute atomic E-state index is 13.2. The number of fused-ring (bicyclic) bond motifs is 3. The van der Waals surface area contributed by atoms with Crippen molar-refractivity contribution in [2.75, 3.05) is 39.1 Å². The topological polar surface area (TPSA) is 142 Å². The Morgan fingerprint density at radius 1 is 1.33 bits per heavy atom. The Hall–Kier alpha value is -3.79. The number of carbonyl (C=O) groups excluding carboxylic acids is 1. The lowest BCUT2D eigenvalue weighted by Gasteiger charge is -2.28. The average molecular weight is 553 g/mol. The molecule has 1 aliphatic carbocycles. The molecule has 0 spiro atoms. The largest absolute Gasteiger partial charge is 0.573 e. The zero-order valence-electron chi connectivity index (χ0n) is 22.0. The summed E-state index contributed by atoms with van der Waals surface area (Å²) < 4.78 is 45.4. The van der Waals surface area contributed by atoms with Crippen LogP contribution in [0, 0.1) is 0 Å². The van der Waals surface area contributed by atoms with Gasteiger partial charge in [-0.15, -0.1) is 13.2 Å². The molecule has 0 fully saturated rings. The highest BCUT2D eigenvalue weighted by atomic mass is 19.4. The van der Waals surface area contributed by atoms with Gasteiger partial charge in [0, 0.05) is 30.9 Å². The summed E-state index contributed by atoms with van der Waals surface area (Å²) in [6.45, 7) is 3.26. The normalized spacial score (nSPS) is 15.2. The predicted molar refractivity (Wildman–Crippen MR) is 132 cm³/mol. The molecule has 0 aliphatic heterocycles. The number of likely N-dealkylation sites (N-methyl/N-ethyl adjacent to an activating group) is 1. The highest BCUT2D eigenvalue weighted by Gasteiger charge is 2.33. The summed E-state index contributed by atoms with van der Waals surface area (Å²) in [5.74, 6) is -1.20. The third-order valence-electron chi connectivity index (χ3n) is 6.83. The fraction of sp³-hybridized carbons (Fsp3) is 0.417. The molecular formula is C24H31F3N8O4+2. The minimum atomic E-state index is -4.95. The highest BCUT2D eigenvalue weighted by molar-refractivity contribution is 5.94. The number of halogens is 3. The van der Waals surface area contributed by atoms with Crippen molar-refractivity contribution >= 4 is 23.2 Å². The third kappa shape index (κ3) is 6.11. The van der Waals surface area contributed by atoms with E-state index >= 15 is 0 Å². The second-order valence-corrected chi connectivity index (χ2v) is 9.33. The number of hydrogen-bond acceptors (Lipinski definition) is 8. The second-order valence-electron chi connectivity index (χ2n) is 9.33. The molecule has 2 atom stereocenters. The smallest absolute Gasteiger partial charge is 0.404 e. The van der Waals surface area contributed by atoms with Crippen LogP contribution in [0.25, 0.3) is 11.4 Å². The number of hydroxylamine groups is 4. The van der Waals surface area contributed by atoms with Crippen molar-refractivity contribution in [1.82, 2.24) is 19.7 Å². The number of nitrogens with two attached hydrogens (primary N) is 1. The van der Waals surface area contributed by atoms with E-state index in [0.29, 0.717) is 48.6 Å². The van der Waals surface area contributed by atoms with E-state index in [1.165, 1.54) is 16.8 Å². The van der Waals surface area contributed by atoms with Crippen LogP contribution in [0.5, 0.6) is 5.75 Å². The summed E-state index contributed by atoms with van der Waals surface area (Å²) >= 11 is 0. The minimum Gasteiger partial charge on any atom is -0.404 e. The number of aryl methyl sites for hydroxylation is 2. The number of quaternary nitrogens is 2. The van der Waals surface area contributed by atoms with Gasteiger partial charge in [0.15, 0.2) is 30.2 Å². The first-order chi connectivity index (χ1) is 18.3. The molecule has 15 heteroatoms. The zero-order valence-corrected chi connectivity index (χ0v) is 22.0. The molecule has 0 saturated carbocycles. The molecule has 12 nitrogen and oxygen atoms in total. The first kappa shape index (κ1) is 28.2. The fourth-order valence-corrected chi connectivity index (χ4v) is 4.42. The van der Waals surface area contributed by atoms with E-state index in [1.54, 1.807) is 20.4 Å². The van der Waals surface area contributed by atoms with E-state index in [2.05, 4.69) is 25.1 Å². The van der Waals surface area contributed by atoms with Crippen molar-refractivity contribution in [2.24, 2.45) is 12.8 Å². The minimum absolute atomic E-state index is 0.0123. The quantitative estimate of drug-likeness (QED) is 0.220. The number of carbonyl (C=O) groups is 1. The molecule has 210 valence electrons. The molecule has 2 heterocycles. The third-order valence-corrected chi connectivity index (χ3v) is 6.83. The van der Waals surface area contributed by atoms with Gasteiger partial charge in [0.2, 0.25) is 5.95 Å². The number of aromatic nitrogens is 4. The van der Waals surface area contributed by atoms with Crippen molar-refractivity contribution in [3.63, 3.8) is 0 Å². The zero-order chi connectivity index (χ0) is 28.5. The number of primary amides is 1. The molecule has 5 N–H and O–H groups in total. The van der Waals surface area contributed by atoms with E-state index in [9.17, 15) is 23.2 Å². The van der Waals surface area contributed by atoms with Crippen LogP contribution < -0.4 is 20.9 Å². The number of amides is 1. The molecule has 0 radical (unpaired) electrons. The van der Waals surface area contributed by atoms with Crippen LogP contribution in [0.4, 0.5) is 30.5 Å². The first-order valence-corrected chi connectivity index (χ1v) is 12.2. The van der Waals surface area contributed by atoms with Gasteiger partial charge in [0.1, 0.15) is 6.54 Å². The molecule has 0 saturated heterocycles. The number of benzene rings is 1. The molecular weight excluding hydrogens is 521 g/mol. The van der Waals surface area contributed by atoms with E-state index in [1.807, 2.05) is 14.0 Å². The van der Waals surface area contributed by atoms with E-state index in [-0.39, 0.29) is 33.6 Å². The number of nitrogens with zero attached hydrogens (tertiary/aromatic N) is 5. The second kappa shape index (κ2) is 10.8. The van der Waals surface area contributed by atoms with Crippen LogP contribution in [-0.4, -0.2) is 75.7 Å². The lowest BCUT2D eigenvalue weighted by atomic mass is 9.93. The summed E-state index contributed by atoms with van der Waals surface area (Å²) in [6, 6.07) is 3.79.